The van der Waals surface area contributed by atoms with Crippen molar-refractivity contribution in [3.8, 4) is 0 Å². The maximum atomic E-state index is 12.5. The molecule has 1 aliphatic heterocycles. The number of methoxy groups -OCH3 is 1. The molecule has 1 N–H and O–H groups in total. The third kappa shape index (κ3) is 5.51. The Balaban J connectivity index is 2.44. The van der Waals surface area contributed by atoms with Gasteiger partial charge in [0.05, 0.1) is 18.8 Å². The Kier molecular flexibility index (Phi) is 7.45. The van der Waals surface area contributed by atoms with Gasteiger partial charge in [0.1, 0.15) is 6.61 Å². The monoisotopic (exact) mass is 302 g/mol. The van der Waals surface area contributed by atoms with Gasteiger partial charge >= 0.3 is 12.0 Å². The fourth-order valence-corrected chi connectivity index (χ4v) is 2.55. The Morgan fingerprint density at radius 3 is 2.48 bits per heavy atom. The van der Waals surface area contributed by atoms with Gasteiger partial charge in [-0.25, -0.2) is 9.59 Å². The molecule has 0 aromatic carbocycles. The summed E-state index contributed by atoms with van der Waals surface area (Å²) >= 11 is 0. The van der Waals surface area contributed by atoms with E-state index in [4.69, 9.17) is 14.6 Å². The summed E-state index contributed by atoms with van der Waals surface area (Å²) in [5.41, 5.74) is 0. The topological polar surface area (TPSA) is 79.3 Å². The molecule has 1 heterocycles. The number of carboxylic acid groups (broad SMARTS) is 1. The number of piperidine rings is 1. The lowest BCUT2D eigenvalue weighted by Gasteiger charge is -2.37. The lowest BCUT2D eigenvalue weighted by atomic mass is 10.1. The molecule has 0 spiro atoms. The van der Waals surface area contributed by atoms with E-state index in [1.807, 2.05) is 13.8 Å². The van der Waals surface area contributed by atoms with Crippen LogP contribution >= 0.6 is 0 Å². The lowest BCUT2D eigenvalue weighted by molar-refractivity contribution is -0.145. The molecule has 21 heavy (non-hydrogen) atoms. The van der Waals surface area contributed by atoms with Crippen LogP contribution in [0.5, 0.6) is 0 Å². The van der Waals surface area contributed by atoms with Crippen LogP contribution in [0.4, 0.5) is 4.79 Å². The summed E-state index contributed by atoms with van der Waals surface area (Å²) in [7, 11) is 1.63. The predicted molar refractivity (Wildman–Crippen MR) is 77.3 cm³/mol. The zero-order valence-electron chi connectivity index (χ0n) is 13.1. The Morgan fingerprint density at radius 2 is 2.00 bits per heavy atom. The van der Waals surface area contributed by atoms with Gasteiger partial charge in [-0.15, -0.1) is 0 Å². The molecule has 0 aliphatic carbocycles. The SMILES string of the molecule is CCN(C(=O)N1CCC(OCC(=O)O)CC1)C(C)COC. The maximum absolute atomic E-state index is 12.5. The number of likely N-dealkylation sites (N-methyl/N-ethyl adjacent to an activating group) is 1. The van der Waals surface area contributed by atoms with E-state index in [2.05, 4.69) is 0 Å². The van der Waals surface area contributed by atoms with Gasteiger partial charge in [-0.05, 0) is 26.7 Å². The molecule has 0 bridgehead atoms. The van der Waals surface area contributed by atoms with Crippen molar-refractivity contribution in [2.24, 2.45) is 0 Å². The van der Waals surface area contributed by atoms with Crippen molar-refractivity contribution in [2.75, 3.05) is 40.0 Å². The molecule has 1 rings (SSSR count). The molecule has 122 valence electrons. The number of ether oxygens (including phenoxy) is 2. The van der Waals surface area contributed by atoms with Gasteiger partial charge in [0.15, 0.2) is 0 Å². The van der Waals surface area contributed by atoms with Crippen LogP contribution in [0.15, 0.2) is 0 Å². The number of likely N-dealkylation sites (tertiary alicyclic amines) is 1. The number of amides is 2. The number of carbonyl (C=O) groups is 2. The van der Waals surface area contributed by atoms with E-state index >= 15 is 0 Å². The van der Waals surface area contributed by atoms with Gasteiger partial charge in [0.25, 0.3) is 0 Å². The average Bonchev–Trinajstić information content (AvgIpc) is 2.46. The number of aliphatic carboxylic acids is 1. The number of rotatable bonds is 7. The summed E-state index contributed by atoms with van der Waals surface area (Å²) in [5, 5.41) is 8.59. The molecule has 0 radical (unpaired) electrons. The second-order valence-corrected chi connectivity index (χ2v) is 5.26. The van der Waals surface area contributed by atoms with E-state index in [0.717, 1.165) is 0 Å². The van der Waals surface area contributed by atoms with Crippen molar-refractivity contribution in [1.82, 2.24) is 9.80 Å². The van der Waals surface area contributed by atoms with Crippen LogP contribution in [0.3, 0.4) is 0 Å². The van der Waals surface area contributed by atoms with Crippen molar-refractivity contribution in [1.29, 1.82) is 0 Å². The number of carbonyl (C=O) groups excluding carboxylic acids is 1. The normalized spacial score (nSPS) is 17.6. The number of carboxylic acids is 1. The summed E-state index contributed by atoms with van der Waals surface area (Å²) < 4.78 is 10.4. The molecule has 1 unspecified atom stereocenters. The van der Waals surface area contributed by atoms with Crippen molar-refractivity contribution in [3.05, 3.63) is 0 Å². The number of nitrogens with zero attached hydrogens (tertiary/aromatic N) is 2. The van der Waals surface area contributed by atoms with Gasteiger partial charge in [0.2, 0.25) is 0 Å². The first-order valence-electron chi connectivity index (χ1n) is 7.37. The predicted octanol–water partition coefficient (Wildman–Crippen LogP) is 1.03. The van der Waals surface area contributed by atoms with Gasteiger partial charge < -0.3 is 24.4 Å². The summed E-state index contributed by atoms with van der Waals surface area (Å²) in [6.45, 7) is 5.99. The van der Waals surface area contributed by atoms with Crippen LogP contribution in [0, 0.1) is 0 Å². The Bertz CT molecular complexity index is 342. The third-order valence-corrected chi connectivity index (χ3v) is 3.68. The summed E-state index contributed by atoms with van der Waals surface area (Å²) in [6, 6.07) is 0.0484. The van der Waals surface area contributed by atoms with Crippen LogP contribution < -0.4 is 0 Å². The average molecular weight is 302 g/mol. The highest BCUT2D eigenvalue weighted by Gasteiger charge is 2.28. The molecule has 7 heteroatoms. The summed E-state index contributed by atoms with van der Waals surface area (Å²) in [6.07, 6.45) is 1.28. The molecular weight excluding hydrogens is 276 g/mol. The van der Waals surface area contributed by atoms with E-state index in [9.17, 15) is 9.59 Å². The molecule has 2 amide bonds. The fourth-order valence-electron chi connectivity index (χ4n) is 2.55. The largest absolute Gasteiger partial charge is 0.480 e. The van der Waals surface area contributed by atoms with Crippen molar-refractivity contribution < 1.29 is 24.2 Å². The summed E-state index contributed by atoms with van der Waals surface area (Å²) in [4.78, 5) is 26.5. The molecule has 0 aromatic heterocycles. The maximum Gasteiger partial charge on any atom is 0.329 e. The van der Waals surface area contributed by atoms with E-state index in [0.29, 0.717) is 39.1 Å². The number of hydrogen-bond donors (Lipinski definition) is 1. The molecule has 1 aliphatic rings. The van der Waals surface area contributed by atoms with Crippen LogP contribution in [0.2, 0.25) is 0 Å². The van der Waals surface area contributed by atoms with E-state index in [1.54, 1.807) is 16.9 Å². The quantitative estimate of drug-likeness (QED) is 0.760. The van der Waals surface area contributed by atoms with E-state index in [-0.39, 0.29) is 24.8 Å². The standard InChI is InChI=1S/C14H26N2O5/c1-4-16(11(2)9-20-3)14(19)15-7-5-12(6-8-15)21-10-13(17)18/h11-12H,4-10H2,1-3H3,(H,17,18). The highest BCUT2D eigenvalue weighted by atomic mass is 16.5. The highest BCUT2D eigenvalue weighted by Crippen LogP contribution is 2.16. The zero-order valence-corrected chi connectivity index (χ0v) is 13.1. The molecule has 1 fully saturated rings. The minimum Gasteiger partial charge on any atom is -0.480 e. The first-order valence-corrected chi connectivity index (χ1v) is 7.37. The Morgan fingerprint density at radius 1 is 1.38 bits per heavy atom. The van der Waals surface area contributed by atoms with Gasteiger partial charge in [0, 0.05) is 26.7 Å². The van der Waals surface area contributed by atoms with E-state index < -0.39 is 5.97 Å². The first-order chi connectivity index (χ1) is 9.99. The minimum absolute atomic E-state index is 0.0127. The molecule has 1 atom stereocenters. The molecule has 7 nitrogen and oxygen atoms in total. The van der Waals surface area contributed by atoms with Crippen molar-refractivity contribution >= 4 is 12.0 Å². The number of hydrogen-bond acceptors (Lipinski definition) is 4. The first kappa shape index (κ1) is 17.7. The van der Waals surface area contributed by atoms with E-state index in [1.165, 1.54) is 0 Å². The summed E-state index contributed by atoms with van der Waals surface area (Å²) in [5.74, 6) is -0.959. The van der Waals surface area contributed by atoms with Crippen molar-refractivity contribution in [2.45, 2.75) is 38.8 Å². The van der Waals surface area contributed by atoms with Crippen LogP contribution in [-0.2, 0) is 14.3 Å². The smallest absolute Gasteiger partial charge is 0.329 e. The number of urea groups is 1. The van der Waals surface area contributed by atoms with Crippen molar-refractivity contribution in [3.63, 3.8) is 0 Å². The van der Waals surface area contributed by atoms with Crippen LogP contribution in [0.25, 0.3) is 0 Å². The Labute approximate surface area is 125 Å². The highest BCUT2D eigenvalue weighted by molar-refractivity contribution is 5.75. The minimum atomic E-state index is -0.959. The molecule has 0 aromatic rings. The zero-order chi connectivity index (χ0) is 15.8. The molecular formula is C14H26N2O5. The van der Waals surface area contributed by atoms with Gasteiger partial charge in [-0.1, -0.05) is 0 Å². The van der Waals surface area contributed by atoms with Gasteiger partial charge in [-0.3, -0.25) is 0 Å². The van der Waals surface area contributed by atoms with Gasteiger partial charge in [-0.2, -0.15) is 0 Å². The lowest BCUT2D eigenvalue weighted by Crippen LogP contribution is -2.51. The third-order valence-electron chi connectivity index (χ3n) is 3.68. The fraction of sp³-hybridized carbons (Fsp3) is 0.857. The van der Waals surface area contributed by atoms with Crippen LogP contribution in [0.1, 0.15) is 26.7 Å². The molecule has 0 saturated carbocycles. The second-order valence-electron chi connectivity index (χ2n) is 5.26. The Hall–Kier alpha value is -1.34. The molecule has 1 saturated heterocycles. The van der Waals surface area contributed by atoms with Crippen LogP contribution in [-0.4, -0.2) is 79.0 Å². The second kappa shape index (κ2) is 8.84.